The molecule has 0 bridgehead atoms. The molecule has 0 radical (unpaired) electrons. The van der Waals surface area contributed by atoms with Crippen LogP contribution in [0.4, 0.5) is 0 Å². The lowest BCUT2D eigenvalue weighted by Crippen LogP contribution is -2.33. The standard InChI is InChI=1S/C14H13N3O2/c1-10(7-11-5-3-2-4-6-11)17-9-12(8-15)13(18)16-14(17)19/h2-6,9-10H,7H2,1H3,(H,16,18,19). The van der Waals surface area contributed by atoms with Crippen molar-refractivity contribution in [2.75, 3.05) is 0 Å². The van der Waals surface area contributed by atoms with Crippen molar-refractivity contribution in [1.29, 1.82) is 5.26 Å². The molecule has 0 fully saturated rings. The van der Waals surface area contributed by atoms with Gasteiger partial charge in [0.05, 0.1) is 0 Å². The van der Waals surface area contributed by atoms with Crippen molar-refractivity contribution in [2.45, 2.75) is 19.4 Å². The lowest BCUT2D eigenvalue weighted by Gasteiger charge is -2.14. The van der Waals surface area contributed by atoms with Crippen LogP contribution in [0, 0.1) is 11.3 Å². The van der Waals surface area contributed by atoms with E-state index in [1.807, 2.05) is 37.3 Å². The molecule has 1 aromatic heterocycles. The average molecular weight is 255 g/mol. The van der Waals surface area contributed by atoms with Gasteiger partial charge in [-0.05, 0) is 18.9 Å². The van der Waals surface area contributed by atoms with Crippen LogP contribution in [0.15, 0.2) is 46.1 Å². The van der Waals surface area contributed by atoms with E-state index < -0.39 is 11.2 Å². The van der Waals surface area contributed by atoms with E-state index in [9.17, 15) is 9.59 Å². The topological polar surface area (TPSA) is 78.7 Å². The van der Waals surface area contributed by atoms with Crippen molar-refractivity contribution in [1.82, 2.24) is 9.55 Å². The molecule has 2 rings (SSSR count). The summed E-state index contributed by atoms with van der Waals surface area (Å²) in [7, 11) is 0. The minimum Gasteiger partial charge on any atom is -0.296 e. The Labute approximate surface area is 109 Å². The molecule has 0 aliphatic heterocycles. The minimum atomic E-state index is -0.643. The third kappa shape index (κ3) is 2.80. The van der Waals surface area contributed by atoms with Gasteiger partial charge in [0.2, 0.25) is 0 Å². The fourth-order valence-corrected chi connectivity index (χ4v) is 1.95. The second-order valence-electron chi connectivity index (χ2n) is 4.36. The lowest BCUT2D eigenvalue weighted by molar-refractivity contribution is 0.513. The summed E-state index contributed by atoms with van der Waals surface area (Å²) in [6, 6.07) is 11.4. The molecule has 0 aliphatic rings. The second kappa shape index (κ2) is 5.36. The molecule has 19 heavy (non-hydrogen) atoms. The molecule has 1 unspecified atom stereocenters. The smallest absolute Gasteiger partial charge is 0.296 e. The molecule has 1 heterocycles. The monoisotopic (exact) mass is 255 g/mol. The number of aromatic nitrogens is 2. The Bertz CT molecular complexity index is 723. The van der Waals surface area contributed by atoms with Gasteiger partial charge in [-0.15, -0.1) is 0 Å². The first-order chi connectivity index (χ1) is 9.11. The highest BCUT2D eigenvalue weighted by Gasteiger charge is 2.10. The van der Waals surface area contributed by atoms with Gasteiger partial charge in [0.15, 0.2) is 0 Å². The van der Waals surface area contributed by atoms with E-state index in [0.717, 1.165) is 5.56 Å². The molecule has 0 aliphatic carbocycles. The number of benzene rings is 1. The summed E-state index contributed by atoms with van der Waals surface area (Å²) in [5, 5.41) is 8.82. The summed E-state index contributed by atoms with van der Waals surface area (Å²) in [4.78, 5) is 25.2. The summed E-state index contributed by atoms with van der Waals surface area (Å²) in [6.07, 6.45) is 1.96. The van der Waals surface area contributed by atoms with Gasteiger partial charge in [-0.3, -0.25) is 14.3 Å². The van der Waals surface area contributed by atoms with Gasteiger partial charge in [-0.1, -0.05) is 30.3 Å². The Morgan fingerprint density at radius 2 is 2.00 bits per heavy atom. The molecule has 5 heteroatoms. The van der Waals surface area contributed by atoms with Crippen LogP contribution < -0.4 is 11.2 Å². The summed E-state index contributed by atoms with van der Waals surface area (Å²) in [5.74, 6) is 0. The first-order valence-electron chi connectivity index (χ1n) is 5.91. The van der Waals surface area contributed by atoms with Gasteiger partial charge in [0.25, 0.3) is 5.56 Å². The number of H-pyrrole nitrogens is 1. The van der Waals surface area contributed by atoms with Crippen molar-refractivity contribution in [2.24, 2.45) is 0 Å². The third-order valence-electron chi connectivity index (χ3n) is 2.94. The molecule has 0 saturated carbocycles. The van der Waals surface area contributed by atoms with E-state index in [1.54, 1.807) is 6.07 Å². The van der Waals surface area contributed by atoms with Gasteiger partial charge in [-0.25, -0.2) is 4.79 Å². The van der Waals surface area contributed by atoms with E-state index in [1.165, 1.54) is 10.8 Å². The van der Waals surface area contributed by atoms with Gasteiger partial charge in [0, 0.05) is 12.2 Å². The molecule has 1 aromatic carbocycles. The van der Waals surface area contributed by atoms with Crippen LogP contribution in [0.3, 0.4) is 0 Å². The minimum absolute atomic E-state index is 0.0560. The zero-order chi connectivity index (χ0) is 13.8. The normalized spacial score (nSPS) is 11.8. The predicted octanol–water partition coefficient (Wildman–Crippen LogP) is 1.21. The molecule has 1 atom stereocenters. The van der Waals surface area contributed by atoms with Crippen molar-refractivity contribution >= 4 is 0 Å². The highest BCUT2D eigenvalue weighted by Crippen LogP contribution is 2.11. The van der Waals surface area contributed by atoms with Crippen molar-refractivity contribution in [3.8, 4) is 6.07 Å². The maximum Gasteiger partial charge on any atom is 0.328 e. The summed E-state index contributed by atoms with van der Waals surface area (Å²) < 4.78 is 1.38. The number of hydrogen-bond donors (Lipinski definition) is 1. The van der Waals surface area contributed by atoms with Gasteiger partial charge in [-0.2, -0.15) is 5.26 Å². The van der Waals surface area contributed by atoms with Crippen molar-refractivity contribution < 1.29 is 0 Å². The van der Waals surface area contributed by atoms with Crippen molar-refractivity contribution in [3.05, 3.63) is 68.5 Å². The zero-order valence-corrected chi connectivity index (χ0v) is 10.5. The highest BCUT2D eigenvalue weighted by atomic mass is 16.2. The molecule has 0 spiro atoms. The van der Waals surface area contributed by atoms with Crippen LogP contribution in [-0.4, -0.2) is 9.55 Å². The predicted molar refractivity (Wildman–Crippen MR) is 70.9 cm³/mol. The molecule has 2 aromatic rings. The summed E-state index contributed by atoms with van der Waals surface area (Å²) in [6.45, 7) is 1.87. The van der Waals surface area contributed by atoms with E-state index in [-0.39, 0.29) is 11.6 Å². The molecule has 1 N–H and O–H groups in total. The van der Waals surface area contributed by atoms with Crippen LogP contribution in [0.2, 0.25) is 0 Å². The fourth-order valence-electron chi connectivity index (χ4n) is 1.95. The van der Waals surface area contributed by atoms with Crippen LogP contribution in [-0.2, 0) is 6.42 Å². The Balaban J connectivity index is 2.35. The maximum atomic E-state index is 11.7. The van der Waals surface area contributed by atoms with Gasteiger partial charge in [0.1, 0.15) is 11.6 Å². The number of hydrogen-bond acceptors (Lipinski definition) is 3. The molecule has 96 valence electrons. The van der Waals surface area contributed by atoms with E-state index in [2.05, 4.69) is 4.98 Å². The van der Waals surface area contributed by atoms with Crippen LogP contribution in [0.5, 0.6) is 0 Å². The molecule has 0 saturated heterocycles. The number of nitrogens with one attached hydrogen (secondary N) is 1. The quantitative estimate of drug-likeness (QED) is 0.895. The largest absolute Gasteiger partial charge is 0.328 e. The first-order valence-corrected chi connectivity index (χ1v) is 5.91. The Morgan fingerprint density at radius 3 is 2.63 bits per heavy atom. The zero-order valence-electron chi connectivity index (χ0n) is 10.5. The number of rotatable bonds is 3. The van der Waals surface area contributed by atoms with Crippen LogP contribution in [0.25, 0.3) is 0 Å². The molecule has 0 amide bonds. The number of nitrogens with zero attached hydrogens (tertiary/aromatic N) is 2. The van der Waals surface area contributed by atoms with Crippen LogP contribution in [0.1, 0.15) is 24.1 Å². The lowest BCUT2D eigenvalue weighted by atomic mass is 10.1. The van der Waals surface area contributed by atoms with E-state index >= 15 is 0 Å². The SMILES string of the molecule is CC(Cc1ccccc1)n1cc(C#N)c(=O)[nH]c1=O. The van der Waals surface area contributed by atoms with E-state index in [4.69, 9.17) is 5.26 Å². The number of nitriles is 1. The maximum absolute atomic E-state index is 11.7. The highest BCUT2D eigenvalue weighted by molar-refractivity contribution is 5.22. The van der Waals surface area contributed by atoms with Gasteiger partial charge >= 0.3 is 5.69 Å². The van der Waals surface area contributed by atoms with Crippen molar-refractivity contribution in [3.63, 3.8) is 0 Å². The molecular weight excluding hydrogens is 242 g/mol. The Hall–Kier alpha value is -2.61. The number of aromatic amines is 1. The molecule has 5 nitrogen and oxygen atoms in total. The Kier molecular flexibility index (Phi) is 3.62. The Morgan fingerprint density at radius 1 is 1.32 bits per heavy atom. The van der Waals surface area contributed by atoms with E-state index in [0.29, 0.717) is 6.42 Å². The summed E-state index contributed by atoms with van der Waals surface area (Å²) in [5.41, 5.74) is -0.103. The van der Waals surface area contributed by atoms with Crippen LogP contribution >= 0.6 is 0 Å². The first kappa shape index (κ1) is 12.8. The fraction of sp³-hybridized carbons (Fsp3) is 0.214. The molecular formula is C14H13N3O2. The second-order valence-corrected chi connectivity index (χ2v) is 4.36. The average Bonchev–Trinajstić information content (AvgIpc) is 2.40. The van der Waals surface area contributed by atoms with Gasteiger partial charge < -0.3 is 0 Å². The third-order valence-corrected chi connectivity index (χ3v) is 2.94. The summed E-state index contributed by atoms with van der Waals surface area (Å²) >= 11 is 0.